The summed E-state index contributed by atoms with van der Waals surface area (Å²) in [4.78, 5) is -0.875. The van der Waals surface area contributed by atoms with Crippen LogP contribution < -0.4 is 5.32 Å². The number of aliphatic hydroxyl groups is 1. The summed E-state index contributed by atoms with van der Waals surface area (Å²) in [7, 11) is 0. The summed E-state index contributed by atoms with van der Waals surface area (Å²) < 4.78 is 0. The summed E-state index contributed by atoms with van der Waals surface area (Å²) in [5, 5.41) is 12.6. The Kier molecular flexibility index (Phi) is 10.6. The highest BCUT2D eigenvalue weighted by atomic mass is 32.1. The SMILES string of the molecule is CCCCCCCCCCNCC(C)(O)S. The molecule has 16 heavy (non-hydrogen) atoms. The lowest BCUT2D eigenvalue weighted by Crippen LogP contribution is -2.33. The van der Waals surface area contributed by atoms with Crippen molar-refractivity contribution in [2.75, 3.05) is 13.1 Å². The van der Waals surface area contributed by atoms with Gasteiger partial charge >= 0.3 is 0 Å². The molecule has 0 aliphatic carbocycles. The molecule has 0 fully saturated rings. The van der Waals surface area contributed by atoms with Gasteiger partial charge in [0.2, 0.25) is 0 Å². The van der Waals surface area contributed by atoms with E-state index in [0.717, 1.165) is 6.54 Å². The molecule has 0 rings (SSSR count). The maximum atomic E-state index is 9.34. The van der Waals surface area contributed by atoms with E-state index < -0.39 is 4.93 Å². The maximum Gasteiger partial charge on any atom is 0.117 e. The minimum Gasteiger partial charge on any atom is -0.379 e. The normalized spacial score (nSPS) is 15.0. The zero-order valence-corrected chi connectivity index (χ0v) is 11.9. The molecule has 0 saturated heterocycles. The van der Waals surface area contributed by atoms with Crippen LogP contribution in [-0.4, -0.2) is 23.1 Å². The van der Waals surface area contributed by atoms with E-state index in [1.165, 1.54) is 51.4 Å². The van der Waals surface area contributed by atoms with Crippen LogP contribution in [0.15, 0.2) is 0 Å². The summed E-state index contributed by atoms with van der Waals surface area (Å²) in [5.74, 6) is 0. The quantitative estimate of drug-likeness (QED) is 0.297. The zero-order chi connectivity index (χ0) is 12.3. The molecule has 3 heteroatoms. The highest BCUT2D eigenvalue weighted by molar-refractivity contribution is 7.81. The van der Waals surface area contributed by atoms with Gasteiger partial charge in [-0.1, -0.05) is 51.9 Å². The number of thiol groups is 1. The van der Waals surface area contributed by atoms with Crippen LogP contribution in [0.3, 0.4) is 0 Å². The molecule has 0 saturated carbocycles. The molecule has 0 aliphatic rings. The van der Waals surface area contributed by atoms with E-state index in [1.807, 2.05) is 0 Å². The third-order valence-electron chi connectivity index (χ3n) is 2.67. The number of unbranched alkanes of at least 4 members (excludes halogenated alkanes) is 7. The first-order chi connectivity index (χ1) is 7.56. The molecular formula is C13H29NOS. The van der Waals surface area contributed by atoms with Crippen LogP contribution in [0, 0.1) is 0 Å². The Bertz CT molecular complexity index is 145. The van der Waals surface area contributed by atoms with E-state index in [-0.39, 0.29) is 0 Å². The lowest BCUT2D eigenvalue weighted by atomic mass is 10.1. The Morgan fingerprint density at radius 2 is 1.50 bits per heavy atom. The number of hydrogen-bond donors (Lipinski definition) is 3. The fourth-order valence-corrected chi connectivity index (χ4v) is 1.82. The Morgan fingerprint density at radius 1 is 1.00 bits per heavy atom. The molecule has 0 aromatic heterocycles. The Labute approximate surface area is 107 Å². The summed E-state index contributed by atoms with van der Waals surface area (Å²) in [6, 6.07) is 0. The summed E-state index contributed by atoms with van der Waals surface area (Å²) >= 11 is 4.04. The minimum absolute atomic E-state index is 0.562. The second kappa shape index (κ2) is 10.4. The van der Waals surface area contributed by atoms with Crippen molar-refractivity contribution in [3.8, 4) is 0 Å². The average molecular weight is 247 g/mol. The van der Waals surface area contributed by atoms with Crippen LogP contribution in [0.1, 0.15) is 65.2 Å². The average Bonchev–Trinajstić information content (AvgIpc) is 2.19. The predicted molar refractivity (Wildman–Crippen MR) is 75.1 cm³/mol. The molecule has 0 aliphatic heterocycles. The van der Waals surface area contributed by atoms with Crippen molar-refractivity contribution in [1.82, 2.24) is 5.32 Å². The van der Waals surface area contributed by atoms with Gasteiger partial charge in [-0.2, -0.15) is 0 Å². The fourth-order valence-electron chi connectivity index (χ4n) is 1.71. The molecule has 98 valence electrons. The van der Waals surface area contributed by atoms with E-state index in [0.29, 0.717) is 6.54 Å². The first-order valence-corrected chi connectivity index (χ1v) is 7.16. The molecule has 2 N–H and O–H groups in total. The number of nitrogens with one attached hydrogen (secondary N) is 1. The highest BCUT2D eigenvalue weighted by Gasteiger charge is 2.11. The molecule has 1 unspecified atom stereocenters. The topological polar surface area (TPSA) is 32.3 Å². The molecule has 0 spiro atoms. The third-order valence-corrected chi connectivity index (χ3v) is 2.83. The summed E-state index contributed by atoms with van der Waals surface area (Å²) in [6.45, 7) is 5.51. The summed E-state index contributed by atoms with van der Waals surface area (Å²) in [6.07, 6.45) is 10.7. The fraction of sp³-hybridized carbons (Fsp3) is 1.00. The molecule has 0 amide bonds. The lowest BCUT2D eigenvalue weighted by molar-refractivity contribution is 0.157. The number of hydrogen-bond acceptors (Lipinski definition) is 3. The van der Waals surface area contributed by atoms with Crippen molar-refractivity contribution in [3.63, 3.8) is 0 Å². The largest absolute Gasteiger partial charge is 0.379 e. The van der Waals surface area contributed by atoms with Crippen molar-refractivity contribution in [2.24, 2.45) is 0 Å². The van der Waals surface area contributed by atoms with Crippen LogP contribution in [0.5, 0.6) is 0 Å². The van der Waals surface area contributed by atoms with Gasteiger partial charge in [0.15, 0.2) is 0 Å². The van der Waals surface area contributed by atoms with Gasteiger partial charge in [-0.3, -0.25) is 0 Å². The molecule has 0 radical (unpaired) electrons. The van der Waals surface area contributed by atoms with Gasteiger partial charge in [-0.15, -0.1) is 12.6 Å². The first kappa shape index (κ1) is 16.3. The lowest BCUT2D eigenvalue weighted by Gasteiger charge is -2.16. The number of rotatable bonds is 11. The second-order valence-corrected chi connectivity index (χ2v) is 5.83. The molecule has 0 aromatic rings. The molecular weight excluding hydrogens is 218 g/mol. The van der Waals surface area contributed by atoms with Crippen LogP contribution >= 0.6 is 12.6 Å². The van der Waals surface area contributed by atoms with E-state index in [1.54, 1.807) is 6.92 Å². The smallest absolute Gasteiger partial charge is 0.117 e. The van der Waals surface area contributed by atoms with E-state index >= 15 is 0 Å². The van der Waals surface area contributed by atoms with E-state index in [2.05, 4.69) is 24.9 Å². The van der Waals surface area contributed by atoms with Gasteiger partial charge in [-0.25, -0.2) is 0 Å². The molecule has 0 bridgehead atoms. The van der Waals surface area contributed by atoms with E-state index in [4.69, 9.17) is 0 Å². The van der Waals surface area contributed by atoms with Crippen LogP contribution in [0.2, 0.25) is 0 Å². The molecule has 2 nitrogen and oxygen atoms in total. The van der Waals surface area contributed by atoms with Crippen LogP contribution in [0.25, 0.3) is 0 Å². The van der Waals surface area contributed by atoms with Crippen molar-refractivity contribution in [2.45, 2.75) is 70.1 Å². The van der Waals surface area contributed by atoms with Gasteiger partial charge in [-0.05, 0) is 19.9 Å². The van der Waals surface area contributed by atoms with Crippen LogP contribution in [0.4, 0.5) is 0 Å². The maximum absolute atomic E-state index is 9.34. The van der Waals surface area contributed by atoms with Crippen molar-refractivity contribution in [1.29, 1.82) is 0 Å². The van der Waals surface area contributed by atoms with Crippen LogP contribution in [-0.2, 0) is 0 Å². The van der Waals surface area contributed by atoms with Gasteiger partial charge in [0, 0.05) is 6.54 Å². The monoisotopic (exact) mass is 247 g/mol. The van der Waals surface area contributed by atoms with Gasteiger partial charge in [0.25, 0.3) is 0 Å². The second-order valence-electron chi connectivity index (χ2n) is 4.87. The third kappa shape index (κ3) is 14.3. The summed E-state index contributed by atoms with van der Waals surface area (Å²) in [5.41, 5.74) is 0. The van der Waals surface area contributed by atoms with Gasteiger partial charge in [0.1, 0.15) is 4.93 Å². The van der Waals surface area contributed by atoms with Crippen molar-refractivity contribution in [3.05, 3.63) is 0 Å². The van der Waals surface area contributed by atoms with Gasteiger partial charge in [0.05, 0.1) is 0 Å². The Morgan fingerprint density at radius 3 is 2.00 bits per heavy atom. The van der Waals surface area contributed by atoms with Crippen molar-refractivity contribution < 1.29 is 5.11 Å². The minimum atomic E-state index is -0.875. The van der Waals surface area contributed by atoms with Crippen molar-refractivity contribution >= 4 is 12.6 Å². The zero-order valence-electron chi connectivity index (χ0n) is 11.0. The molecule has 0 heterocycles. The van der Waals surface area contributed by atoms with E-state index in [9.17, 15) is 5.11 Å². The standard InChI is InChI=1S/C13H29NOS/c1-3-4-5-6-7-8-9-10-11-14-12-13(2,15)16/h14-16H,3-12H2,1-2H3. The van der Waals surface area contributed by atoms with Gasteiger partial charge < -0.3 is 10.4 Å². The molecule has 0 aromatic carbocycles. The predicted octanol–water partition coefficient (Wildman–Crippen LogP) is 3.36. The Balaban J connectivity index is 2.99. The first-order valence-electron chi connectivity index (χ1n) is 6.71. The highest BCUT2D eigenvalue weighted by Crippen LogP contribution is 2.08. The Hall–Kier alpha value is 0.270. The molecule has 1 atom stereocenters.